The molecule has 1 aromatic rings. The quantitative estimate of drug-likeness (QED) is 0.902. The van der Waals surface area contributed by atoms with Gasteiger partial charge in [0.1, 0.15) is 12.2 Å². The average Bonchev–Trinajstić information content (AvgIpc) is 3.00. The fourth-order valence-corrected chi connectivity index (χ4v) is 3.94. The van der Waals surface area contributed by atoms with Crippen LogP contribution in [0.15, 0.2) is 6.33 Å². The Hall–Kier alpha value is -0.940. The summed E-state index contributed by atoms with van der Waals surface area (Å²) in [6, 6.07) is 1.32. The molecule has 2 aliphatic rings. The molecular formula is C16H29N5. The van der Waals surface area contributed by atoms with Crippen LogP contribution in [0.4, 0.5) is 0 Å². The summed E-state index contributed by atoms with van der Waals surface area (Å²) in [4.78, 5) is 2.65. The van der Waals surface area contributed by atoms with Crippen molar-refractivity contribution in [1.82, 2.24) is 25.0 Å². The zero-order valence-electron chi connectivity index (χ0n) is 13.5. The van der Waals surface area contributed by atoms with Gasteiger partial charge in [0.25, 0.3) is 0 Å². The maximum absolute atomic E-state index is 4.28. The van der Waals surface area contributed by atoms with Crippen LogP contribution in [0.5, 0.6) is 0 Å². The molecule has 1 N–H and O–H groups in total. The Balaban J connectivity index is 1.69. The summed E-state index contributed by atoms with van der Waals surface area (Å²) in [5, 5.41) is 12.1. The van der Waals surface area contributed by atoms with E-state index in [-0.39, 0.29) is 0 Å². The van der Waals surface area contributed by atoms with Gasteiger partial charge >= 0.3 is 0 Å². The molecular weight excluding hydrogens is 262 g/mol. The number of nitrogens with zero attached hydrogens (tertiary/aromatic N) is 4. The molecule has 3 unspecified atom stereocenters. The molecule has 3 atom stereocenters. The van der Waals surface area contributed by atoms with Crippen LogP contribution in [0.3, 0.4) is 0 Å². The van der Waals surface area contributed by atoms with E-state index < -0.39 is 0 Å². The van der Waals surface area contributed by atoms with Gasteiger partial charge < -0.3 is 9.88 Å². The number of rotatable bonds is 5. The van der Waals surface area contributed by atoms with Crippen molar-refractivity contribution in [2.75, 3.05) is 13.1 Å². The van der Waals surface area contributed by atoms with Crippen LogP contribution in [0.25, 0.3) is 0 Å². The second kappa shape index (κ2) is 6.88. The first-order valence-electron chi connectivity index (χ1n) is 8.66. The largest absolute Gasteiger partial charge is 0.315 e. The van der Waals surface area contributed by atoms with Crippen molar-refractivity contribution in [1.29, 1.82) is 0 Å². The summed E-state index contributed by atoms with van der Waals surface area (Å²) in [6.45, 7) is 8.87. The lowest BCUT2D eigenvalue weighted by Gasteiger charge is -2.44. The maximum Gasteiger partial charge on any atom is 0.147 e. The van der Waals surface area contributed by atoms with E-state index in [0.29, 0.717) is 12.1 Å². The Morgan fingerprint density at radius 2 is 2.19 bits per heavy atom. The molecule has 5 nitrogen and oxygen atoms in total. The predicted octanol–water partition coefficient (Wildman–Crippen LogP) is 2.04. The molecule has 1 fully saturated rings. The fourth-order valence-electron chi connectivity index (χ4n) is 3.94. The van der Waals surface area contributed by atoms with Gasteiger partial charge in [-0.05, 0) is 38.1 Å². The standard InChI is InChI=1S/C16H29N5/c1-3-7-17-14-6-5-13(4-2)10-15(14)20-8-9-21-12-18-19-16(21)11-20/h12-15,17H,3-11H2,1-2H3. The molecule has 1 saturated carbocycles. The predicted molar refractivity (Wildman–Crippen MR) is 83.9 cm³/mol. The lowest BCUT2D eigenvalue weighted by Crippen LogP contribution is -2.55. The molecule has 0 spiro atoms. The van der Waals surface area contributed by atoms with Gasteiger partial charge in [-0.25, -0.2) is 0 Å². The smallest absolute Gasteiger partial charge is 0.147 e. The summed E-state index contributed by atoms with van der Waals surface area (Å²) < 4.78 is 2.20. The first-order chi connectivity index (χ1) is 10.3. The molecule has 0 aromatic carbocycles. The van der Waals surface area contributed by atoms with Gasteiger partial charge in [-0.15, -0.1) is 10.2 Å². The van der Waals surface area contributed by atoms with Gasteiger partial charge in [0, 0.05) is 25.2 Å². The molecule has 0 saturated heterocycles. The van der Waals surface area contributed by atoms with Gasteiger partial charge in [-0.1, -0.05) is 20.3 Å². The van der Waals surface area contributed by atoms with Gasteiger partial charge in [-0.2, -0.15) is 0 Å². The van der Waals surface area contributed by atoms with E-state index in [1.54, 1.807) is 0 Å². The second-order valence-corrected chi connectivity index (χ2v) is 6.63. The minimum atomic E-state index is 0.655. The maximum atomic E-state index is 4.28. The third-order valence-corrected chi connectivity index (χ3v) is 5.30. The number of hydrogen-bond donors (Lipinski definition) is 1. The van der Waals surface area contributed by atoms with Crippen molar-refractivity contribution in [2.45, 2.75) is 71.1 Å². The molecule has 118 valence electrons. The lowest BCUT2D eigenvalue weighted by atomic mass is 9.80. The summed E-state index contributed by atoms with van der Waals surface area (Å²) >= 11 is 0. The molecule has 0 bridgehead atoms. The van der Waals surface area contributed by atoms with Crippen LogP contribution in [0.2, 0.25) is 0 Å². The molecule has 2 heterocycles. The van der Waals surface area contributed by atoms with Crippen molar-refractivity contribution in [3.8, 4) is 0 Å². The Morgan fingerprint density at radius 3 is 3.00 bits per heavy atom. The lowest BCUT2D eigenvalue weighted by molar-refractivity contribution is 0.0716. The highest BCUT2D eigenvalue weighted by Crippen LogP contribution is 2.31. The van der Waals surface area contributed by atoms with Crippen molar-refractivity contribution in [3.63, 3.8) is 0 Å². The SMILES string of the molecule is CCCNC1CCC(CC)CC1N1CCn2cnnc2C1. The normalized spacial score (nSPS) is 30.3. The van der Waals surface area contributed by atoms with Gasteiger partial charge in [-0.3, -0.25) is 4.90 Å². The molecule has 5 heteroatoms. The minimum Gasteiger partial charge on any atom is -0.315 e. The molecule has 21 heavy (non-hydrogen) atoms. The number of fused-ring (bicyclic) bond motifs is 1. The van der Waals surface area contributed by atoms with E-state index in [9.17, 15) is 0 Å². The Morgan fingerprint density at radius 1 is 1.29 bits per heavy atom. The zero-order chi connectivity index (χ0) is 14.7. The Bertz CT molecular complexity index is 444. The first-order valence-corrected chi connectivity index (χ1v) is 8.66. The first kappa shape index (κ1) is 15.0. The van der Waals surface area contributed by atoms with Crippen molar-refractivity contribution >= 4 is 0 Å². The summed E-state index contributed by atoms with van der Waals surface area (Å²) in [6.07, 6.45) is 8.46. The highest BCUT2D eigenvalue weighted by Gasteiger charge is 2.35. The van der Waals surface area contributed by atoms with E-state index in [0.717, 1.165) is 37.9 Å². The van der Waals surface area contributed by atoms with E-state index in [1.165, 1.54) is 32.1 Å². The van der Waals surface area contributed by atoms with Crippen LogP contribution in [0, 0.1) is 5.92 Å². The summed E-state index contributed by atoms with van der Waals surface area (Å²) in [7, 11) is 0. The van der Waals surface area contributed by atoms with Gasteiger partial charge in [0.2, 0.25) is 0 Å². The average molecular weight is 291 g/mol. The van der Waals surface area contributed by atoms with Crippen LogP contribution < -0.4 is 5.32 Å². The molecule has 1 aliphatic carbocycles. The third-order valence-electron chi connectivity index (χ3n) is 5.30. The monoisotopic (exact) mass is 291 g/mol. The topological polar surface area (TPSA) is 46.0 Å². The Labute approximate surface area is 128 Å². The van der Waals surface area contributed by atoms with Crippen molar-refractivity contribution in [2.24, 2.45) is 5.92 Å². The molecule has 3 rings (SSSR count). The number of hydrogen-bond acceptors (Lipinski definition) is 4. The molecule has 0 radical (unpaired) electrons. The van der Waals surface area contributed by atoms with E-state index in [4.69, 9.17) is 0 Å². The van der Waals surface area contributed by atoms with E-state index >= 15 is 0 Å². The minimum absolute atomic E-state index is 0.655. The highest BCUT2D eigenvalue weighted by molar-refractivity contribution is 4.97. The molecule has 0 amide bonds. The second-order valence-electron chi connectivity index (χ2n) is 6.63. The number of nitrogens with one attached hydrogen (secondary N) is 1. The number of aromatic nitrogens is 3. The Kier molecular flexibility index (Phi) is 4.91. The summed E-state index contributed by atoms with van der Waals surface area (Å²) in [5.41, 5.74) is 0. The van der Waals surface area contributed by atoms with Crippen molar-refractivity contribution in [3.05, 3.63) is 12.2 Å². The summed E-state index contributed by atoms with van der Waals surface area (Å²) in [5.74, 6) is 2.03. The fraction of sp³-hybridized carbons (Fsp3) is 0.875. The highest BCUT2D eigenvalue weighted by atomic mass is 15.3. The van der Waals surface area contributed by atoms with Gasteiger partial charge in [0.05, 0.1) is 6.54 Å². The third kappa shape index (κ3) is 3.29. The van der Waals surface area contributed by atoms with E-state index in [2.05, 4.69) is 38.8 Å². The van der Waals surface area contributed by atoms with Crippen LogP contribution in [0.1, 0.15) is 51.8 Å². The van der Waals surface area contributed by atoms with Crippen molar-refractivity contribution < 1.29 is 0 Å². The van der Waals surface area contributed by atoms with E-state index in [1.807, 2.05) is 6.33 Å². The van der Waals surface area contributed by atoms with Gasteiger partial charge in [0.15, 0.2) is 0 Å². The zero-order valence-corrected chi connectivity index (χ0v) is 13.5. The van der Waals surface area contributed by atoms with Crippen LogP contribution in [-0.2, 0) is 13.1 Å². The molecule has 1 aromatic heterocycles. The molecule has 1 aliphatic heterocycles. The van der Waals surface area contributed by atoms with Crippen LogP contribution in [-0.4, -0.2) is 44.8 Å². The van der Waals surface area contributed by atoms with Crippen LogP contribution >= 0.6 is 0 Å².